The number of hydrogen-bond acceptors (Lipinski definition) is 2. The predicted molar refractivity (Wildman–Crippen MR) is 57.5 cm³/mol. The monoisotopic (exact) mass is 247 g/mol. The fourth-order valence-electron chi connectivity index (χ4n) is 1.13. The molecule has 94 valence electrons. The van der Waals surface area contributed by atoms with Crippen LogP contribution >= 0.6 is 0 Å². The van der Waals surface area contributed by atoms with Crippen LogP contribution in [0.15, 0.2) is 24.3 Å². The highest BCUT2D eigenvalue weighted by Gasteiger charge is 2.30. The number of carbonyl (C=O) groups excluding carboxylic acids is 1. The van der Waals surface area contributed by atoms with E-state index in [1.165, 1.54) is 12.1 Å². The average Bonchev–Trinajstić information content (AvgIpc) is 2.25. The van der Waals surface area contributed by atoms with E-state index in [1.807, 2.05) is 0 Å². The molecule has 0 spiro atoms. The summed E-state index contributed by atoms with van der Waals surface area (Å²) in [7, 11) is 0. The fraction of sp³-hybridized carbons (Fsp3) is 0.300. The molecule has 7 heteroatoms. The van der Waals surface area contributed by atoms with Crippen LogP contribution in [0.1, 0.15) is 5.56 Å². The summed E-state index contributed by atoms with van der Waals surface area (Å²) in [5.41, 5.74) is 4.43. The minimum atomic E-state index is -4.43. The van der Waals surface area contributed by atoms with Gasteiger partial charge in [0.25, 0.3) is 0 Å². The first-order chi connectivity index (χ1) is 7.93. The van der Waals surface area contributed by atoms with Crippen LogP contribution in [0.4, 0.5) is 23.7 Å². The van der Waals surface area contributed by atoms with E-state index >= 15 is 0 Å². The Kier molecular flexibility index (Phi) is 4.33. The van der Waals surface area contributed by atoms with Crippen LogP contribution in [0.5, 0.6) is 0 Å². The van der Waals surface area contributed by atoms with E-state index in [0.29, 0.717) is 0 Å². The molecule has 0 aliphatic carbocycles. The molecular weight excluding hydrogens is 235 g/mol. The van der Waals surface area contributed by atoms with E-state index in [-0.39, 0.29) is 18.8 Å². The summed E-state index contributed by atoms with van der Waals surface area (Å²) in [5, 5.41) is 4.67. The zero-order chi connectivity index (χ0) is 12.9. The molecule has 4 N–H and O–H groups in total. The van der Waals surface area contributed by atoms with Crippen molar-refractivity contribution in [1.82, 2.24) is 5.32 Å². The fourth-order valence-corrected chi connectivity index (χ4v) is 1.13. The number of anilines is 1. The minimum Gasteiger partial charge on any atom is -0.337 e. The number of benzene rings is 1. The molecule has 1 aromatic rings. The maximum Gasteiger partial charge on any atom is 0.416 e. The first kappa shape index (κ1) is 13.3. The lowest BCUT2D eigenvalue weighted by Gasteiger charge is -2.10. The largest absolute Gasteiger partial charge is 0.416 e. The van der Waals surface area contributed by atoms with Crippen LogP contribution in [-0.2, 0) is 6.18 Å². The average molecular weight is 247 g/mol. The smallest absolute Gasteiger partial charge is 0.337 e. The summed E-state index contributed by atoms with van der Waals surface area (Å²) in [4.78, 5) is 11.2. The Morgan fingerprint density at radius 1 is 1.35 bits per heavy atom. The van der Waals surface area contributed by atoms with Crippen LogP contribution in [0, 0.1) is 0 Å². The molecule has 0 saturated carbocycles. The van der Waals surface area contributed by atoms with Crippen LogP contribution < -0.4 is 16.4 Å². The number of halogens is 3. The van der Waals surface area contributed by atoms with Crippen molar-refractivity contribution >= 4 is 11.7 Å². The van der Waals surface area contributed by atoms with E-state index < -0.39 is 17.8 Å². The second-order valence-corrected chi connectivity index (χ2v) is 3.25. The first-order valence-electron chi connectivity index (χ1n) is 4.85. The maximum absolute atomic E-state index is 12.4. The highest BCUT2D eigenvalue weighted by atomic mass is 19.4. The van der Waals surface area contributed by atoms with Crippen molar-refractivity contribution < 1.29 is 18.0 Å². The number of alkyl halides is 3. The molecule has 1 rings (SSSR count). The summed E-state index contributed by atoms with van der Waals surface area (Å²) < 4.78 is 37.1. The molecule has 0 bridgehead atoms. The standard InChI is InChI=1S/C10H12F3N3O/c11-10(12,13)7-2-1-3-8(6-7)16-9(17)15-5-4-14/h1-3,6H,4-5,14H2,(H2,15,16,17). The van der Waals surface area contributed by atoms with Gasteiger partial charge in [0.2, 0.25) is 0 Å². The normalized spacial score (nSPS) is 11.1. The van der Waals surface area contributed by atoms with Crippen molar-refractivity contribution in [3.63, 3.8) is 0 Å². The van der Waals surface area contributed by atoms with Gasteiger partial charge in [-0.05, 0) is 18.2 Å². The molecule has 2 amide bonds. The molecule has 0 heterocycles. The van der Waals surface area contributed by atoms with Gasteiger partial charge in [0.1, 0.15) is 0 Å². The Bertz CT molecular complexity index is 393. The van der Waals surface area contributed by atoms with Crippen LogP contribution in [0.3, 0.4) is 0 Å². The Morgan fingerprint density at radius 3 is 2.65 bits per heavy atom. The molecule has 4 nitrogen and oxygen atoms in total. The van der Waals surface area contributed by atoms with Gasteiger partial charge in [0.05, 0.1) is 5.56 Å². The lowest BCUT2D eigenvalue weighted by molar-refractivity contribution is -0.137. The van der Waals surface area contributed by atoms with Crippen molar-refractivity contribution in [3.05, 3.63) is 29.8 Å². The van der Waals surface area contributed by atoms with E-state index in [2.05, 4.69) is 10.6 Å². The quantitative estimate of drug-likeness (QED) is 0.762. The highest BCUT2D eigenvalue weighted by molar-refractivity contribution is 5.89. The number of hydrogen-bond donors (Lipinski definition) is 3. The van der Waals surface area contributed by atoms with Crippen molar-refractivity contribution in [2.24, 2.45) is 5.73 Å². The Labute approximate surface area is 96.0 Å². The van der Waals surface area contributed by atoms with Gasteiger partial charge in [-0.1, -0.05) is 6.07 Å². The maximum atomic E-state index is 12.4. The first-order valence-corrected chi connectivity index (χ1v) is 4.85. The molecule has 0 saturated heterocycles. The second kappa shape index (κ2) is 5.53. The summed E-state index contributed by atoms with van der Waals surface area (Å²) in [6, 6.07) is 3.80. The Hall–Kier alpha value is -1.76. The van der Waals surface area contributed by atoms with Crippen LogP contribution in [0.25, 0.3) is 0 Å². The van der Waals surface area contributed by atoms with Crippen molar-refractivity contribution in [2.75, 3.05) is 18.4 Å². The van der Waals surface area contributed by atoms with Crippen LogP contribution in [-0.4, -0.2) is 19.1 Å². The lowest BCUT2D eigenvalue weighted by Crippen LogP contribution is -2.32. The number of nitrogens with two attached hydrogens (primary N) is 1. The summed E-state index contributed by atoms with van der Waals surface area (Å²) in [6.45, 7) is 0.515. The Morgan fingerprint density at radius 2 is 2.06 bits per heavy atom. The van der Waals surface area contributed by atoms with Gasteiger partial charge >= 0.3 is 12.2 Å². The molecule has 0 aromatic heterocycles. The summed E-state index contributed by atoms with van der Waals surface area (Å²) in [5.74, 6) is 0. The molecular formula is C10H12F3N3O. The van der Waals surface area contributed by atoms with E-state index in [4.69, 9.17) is 5.73 Å². The molecule has 0 radical (unpaired) electrons. The van der Waals surface area contributed by atoms with E-state index in [1.54, 1.807) is 0 Å². The van der Waals surface area contributed by atoms with Gasteiger partial charge in [0.15, 0.2) is 0 Å². The summed E-state index contributed by atoms with van der Waals surface area (Å²) in [6.07, 6.45) is -4.43. The molecule has 1 aromatic carbocycles. The van der Waals surface area contributed by atoms with Gasteiger partial charge in [0, 0.05) is 18.8 Å². The zero-order valence-corrected chi connectivity index (χ0v) is 8.84. The number of amides is 2. The third kappa shape index (κ3) is 4.31. The molecule has 17 heavy (non-hydrogen) atoms. The molecule has 0 unspecified atom stereocenters. The number of nitrogens with one attached hydrogen (secondary N) is 2. The van der Waals surface area contributed by atoms with Crippen LogP contribution in [0.2, 0.25) is 0 Å². The number of rotatable bonds is 3. The zero-order valence-electron chi connectivity index (χ0n) is 8.84. The third-order valence-corrected chi connectivity index (χ3v) is 1.88. The van der Waals surface area contributed by atoms with Gasteiger partial charge in [-0.15, -0.1) is 0 Å². The van der Waals surface area contributed by atoms with Gasteiger partial charge < -0.3 is 16.4 Å². The predicted octanol–water partition coefficient (Wildman–Crippen LogP) is 1.79. The molecule has 0 aliphatic heterocycles. The minimum absolute atomic E-state index is 0.0781. The van der Waals surface area contributed by atoms with Gasteiger partial charge in [-0.2, -0.15) is 13.2 Å². The summed E-state index contributed by atoms with van der Waals surface area (Å²) >= 11 is 0. The third-order valence-electron chi connectivity index (χ3n) is 1.88. The topological polar surface area (TPSA) is 67.1 Å². The molecule has 0 fully saturated rings. The van der Waals surface area contributed by atoms with Gasteiger partial charge in [-0.25, -0.2) is 4.79 Å². The number of urea groups is 1. The van der Waals surface area contributed by atoms with E-state index in [0.717, 1.165) is 12.1 Å². The van der Waals surface area contributed by atoms with Crippen molar-refractivity contribution in [3.8, 4) is 0 Å². The lowest BCUT2D eigenvalue weighted by atomic mass is 10.2. The SMILES string of the molecule is NCCNC(=O)Nc1cccc(C(F)(F)F)c1. The Balaban J connectivity index is 2.69. The van der Waals surface area contributed by atoms with Gasteiger partial charge in [-0.3, -0.25) is 0 Å². The molecule has 0 atom stereocenters. The van der Waals surface area contributed by atoms with Crippen molar-refractivity contribution in [2.45, 2.75) is 6.18 Å². The van der Waals surface area contributed by atoms with Crippen molar-refractivity contribution in [1.29, 1.82) is 0 Å². The second-order valence-electron chi connectivity index (χ2n) is 3.25. The molecule has 0 aliphatic rings. The van der Waals surface area contributed by atoms with E-state index in [9.17, 15) is 18.0 Å². The highest BCUT2D eigenvalue weighted by Crippen LogP contribution is 2.30. The number of carbonyl (C=O) groups is 1.